The molecule has 1 spiro atoms. The van der Waals surface area contributed by atoms with E-state index in [1.165, 1.54) is 11.1 Å². The van der Waals surface area contributed by atoms with E-state index in [4.69, 9.17) is 4.74 Å². The number of benzene rings is 1. The fraction of sp³-hybridized carbons (Fsp3) is 0.593. The molecule has 2 fully saturated rings. The predicted molar refractivity (Wildman–Crippen MR) is 123 cm³/mol. The summed E-state index contributed by atoms with van der Waals surface area (Å²) >= 11 is 0. The van der Waals surface area contributed by atoms with Gasteiger partial charge in [-0.3, -0.25) is 9.69 Å². The van der Waals surface area contributed by atoms with Gasteiger partial charge in [0.2, 0.25) is 5.91 Å². The molecule has 33 heavy (non-hydrogen) atoms. The van der Waals surface area contributed by atoms with E-state index in [9.17, 15) is 15.0 Å². The highest BCUT2D eigenvalue weighted by molar-refractivity contribution is 5.97. The van der Waals surface area contributed by atoms with Gasteiger partial charge in [-0.2, -0.15) is 0 Å². The molecule has 1 unspecified atom stereocenters. The van der Waals surface area contributed by atoms with Gasteiger partial charge >= 0.3 is 0 Å². The van der Waals surface area contributed by atoms with Crippen LogP contribution in [0.2, 0.25) is 0 Å². The van der Waals surface area contributed by atoms with Crippen molar-refractivity contribution in [1.82, 2.24) is 9.80 Å². The third-order valence-corrected chi connectivity index (χ3v) is 9.77. The lowest BCUT2D eigenvalue weighted by Crippen LogP contribution is -2.78. The smallest absolute Gasteiger partial charge is 0.250 e. The lowest BCUT2D eigenvalue weighted by Gasteiger charge is -2.64. The number of phenolic OH excluding ortho intramolecular Hbond substituents is 1. The molecule has 7 rings (SSSR count). The molecular formula is C27H32N2O4. The van der Waals surface area contributed by atoms with Crippen molar-refractivity contribution in [2.45, 2.75) is 80.6 Å². The quantitative estimate of drug-likeness (QED) is 0.696. The largest absolute Gasteiger partial charge is 0.504 e. The normalized spacial score (nSPS) is 38.8. The lowest BCUT2D eigenvalue weighted by molar-refractivity contribution is -0.198. The Morgan fingerprint density at radius 3 is 2.91 bits per heavy atom. The number of aromatic hydroxyl groups is 1. The first-order valence-electron chi connectivity index (χ1n) is 12.6. The summed E-state index contributed by atoms with van der Waals surface area (Å²) in [6.07, 6.45) is 8.62. The molecule has 5 atom stereocenters. The fourth-order valence-electron chi connectivity index (χ4n) is 8.43. The van der Waals surface area contributed by atoms with Crippen molar-refractivity contribution in [2.24, 2.45) is 0 Å². The summed E-state index contributed by atoms with van der Waals surface area (Å²) in [7, 11) is 0. The Balaban J connectivity index is 1.36. The number of rotatable bonds is 3. The van der Waals surface area contributed by atoms with Crippen molar-refractivity contribution in [3.63, 3.8) is 0 Å². The lowest BCUT2D eigenvalue weighted by atomic mass is 9.48. The van der Waals surface area contributed by atoms with Crippen LogP contribution < -0.4 is 4.74 Å². The van der Waals surface area contributed by atoms with Gasteiger partial charge in [-0.15, -0.1) is 6.58 Å². The molecule has 6 aliphatic rings. The van der Waals surface area contributed by atoms with Gasteiger partial charge in [-0.1, -0.05) is 12.1 Å². The van der Waals surface area contributed by atoms with Gasteiger partial charge in [0.25, 0.3) is 0 Å². The van der Waals surface area contributed by atoms with E-state index in [-0.39, 0.29) is 29.8 Å². The van der Waals surface area contributed by atoms with Crippen LogP contribution in [0.4, 0.5) is 0 Å². The average Bonchev–Trinajstić information content (AvgIpc) is 3.33. The Bertz CT molecular complexity index is 1110. The van der Waals surface area contributed by atoms with Crippen LogP contribution in [-0.4, -0.2) is 69.3 Å². The minimum absolute atomic E-state index is 0.0140. The number of carbonyl (C=O) groups is 1. The van der Waals surface area contributed by atoms with Crippen molar-refractivity contribution in [1.29, 1.82) is 0 Å². The summed E-state index contributed by atoms with van der Waals surface area (Å²) in [5.74, 6) is 0.871. The predicted octanol–water partition coefficient (Wildman–Crippen LogP) is 2.81. The van der Waals surface area contributed by atoms with Gasteiger partial charge in [0.05, 0.1) is 17.1 Å². The zero-order valence-corrected chi connectivity index (χ0v) is 19.1. The topological polar surface area (TPSA) is 73.2 Å². The number of phenols is 1. The number of hydrogen-bond donors (Lipinski definition) is 2. The Hall–Kier alpha value is -2.31. The first-order chi connectivity index (χ1) is 16.0. The monoisotopic (exact) mass is 448 g/mol. The van der Waals surface area contributed by atoms with Crippen LogP contribution in [-0.2, 0) is 16.6 Å². The molecule has 174 valence electrons. The number of aliphatic hydroxyl groups is 1. The van der Waals surface area contributed by atoms with Crippen molar-refractivity contribution in [2.75, 3.05) is 19.6 Å². The van der Waals surface area contributed by atoms with E-state index in [0.29, 0.717) is 18.7 Å². The molecule has 2 bridgehead atoms. The van der Waals surface area contributed by atoms with Crippen LogP contribution in [0, 0.1) is 0 Å². The van der Waals surface area contributed by atoms with Gasteiger partial charge in [-0.25, -0.2) is 0 Å². The Kier molecular flexibility index (Phi) is 4.04. The van der Waals surface area contributed by atoms with E-state index in [1.807, 2.05) is 12.1 Å². The second kappa shape index (κ2) is 6.63. The van der Waals surface area contributed by atoms with E-state index in [1.54, 1.807) is 6.07 Å². The number of nitrogens with zero attached hydrogens (tertiary/aromatic N) is 2. The maximum Gasteiger partial charge on any atom is 0.250 e. The maximum absolute atomic E-state index is 13.5. The molecule has 1 amide bonds. The highest BCUT2D eigenvalue weighted by Gasteiger charge is 2.73. The summed E-state index contributed by atoms with van der Waals surface area (Å²) in [5.41, 5.74) is 2.98. The van der Waals surface area contributed by atoms with E-state index >= 15 is 0 Å². The average molecular weight is 449 g/mol. The summed E-state index contributed by atoms with van der Waals surface area (Å²) in [4.78, 5) is 17.9. The molecule has 2 N–H and O–H groups in total. The van der Waals surface area contributed by atoms with Crippen molar-refractivity contribution in [3.8, 4) is 11.5 Å². The molecule has 1 aromatic rings. The summed E-state index contributed by atoms with van der Waals surface area (Å²) in [5, 5.41) is 23.3. The van der Waals surface area contributed by atoms with Gasteiger partial charge in [0.1, 0.15) is 6.10 Å². The molecular weight excluding hydrogens is 416 g/mol. The maximum atomic E-state index is 13.5. The van der Waals surface area contributed by atoms with Crippen LogP contribution in [0.5, 0.6) is 11.5 Å². The molecule has 3 aliphatic heterocycles. The van der Waals surface area contributed by atoms with Crippen molar-refractivity contribution >= 4 is 5.91 Å². The van der Waals surface area contributed by atoms with E-state index < -0.39 is 11.0 Å². The first-order valence-corrected chi connectivity index (χ1v) is 12.6. The van der Waals surface area contributed by atoms with E-state index in [0.717, 1.165) is 69.2 Å². The fourth-order valence-corrected chi connectivity index (χ4v) is 8.43. The van der Waals surface area contributed by atoms with Crippen molar-refractivity contribution in [3.05, 3.63) is 47.1 Å². The van der Waals surface area contributed by atoms with E-state index in [2.05, 4.69) is 16.4 Å². The molecule has 1 aromatic carbocycles. The number of hydrogen-bond acceptors (Lipinski definition) is 5. The van der Waals surface area contributed by atoms with Crippen LogP contribution >= 0.6 is 0 Å². The summed E-state index contributed by atoms with van der Waals surface area (Å²) in [6.45, 7) is 6.25. The first kappa shape index (κ1) is 20.1. The zero-order valence-electron chi connectivity index (χ0n) is 19.1. The second-order valence-corrected chi connectivity index (χ2v) is 11.0. The van der Waals surface area contributed by atoms with Crippen LogP contribution in [0.15, 0.2) is 35.9 Å². The van der Waals surface area contributed by atoms with Crippen molar-refractivity contribution < 1.29 is 19.7 Å². The van der Waals surface area contributed by atoms with Gasteiger partial charge < -0.3 is 19.8 Å². The Morgan fingerprint density at radius 2 is 2.09 bits per heavy atom. The molecule has 6 heteroatoms. The number of carbonyl (C=O) groups excluding carboxylic acids is 1. The third kappa shape index (κ3) is 2.29. The SMILES string of the molecule is C=CCN1CC[C@]23c4c5ccc(O)c4O[C@H]2[C@H](N2CC4=C(CCCC4)C2=O)CCC3(O)[C@H]1C5. The highest BCUT2D eigenvalue weighted by atomic mass is 16.5. The Labute approximate surface area is 194 Å². The number of ether oxygens (including phenoxy) is 1. The number of likely N-dealkylation sites (tertiary alicyclic amines) is 1. The number of piperidine rings is 1. The summed E-state index contributed by atoms with van der Waals surface area (Å²) in [6, 6.07) is 3.64. The minimum atomic E-state index is -0.947. The highest BCUT2D eigenvalue weighted by Crippen LogP contribution is 2.66. The Morgan fingerprint density at radius 1 is 1.24 bits per heavy atom. The molecule has 3 heterocycles. The van der Waals surface area contributed by atoms with Gasteiger partial charge in [0, 0.05) is 30.3 Å². The molecule has 0 radical (unpaired) electrons. The summed E-state index contributed by atoms with van der Waals surface area (Å²) < 4.78 is 6.64. The van der Waals surface area contributed by atoms with Crippen LogP contribution in [0.3, 0.4) is 0 Å². The molecule has 6 nitrogen and oxygen atoms in total. The molecule has 1 saturated carbocycles. The molecule has 3 aliphatic carbocycles. The molecule has 1 saturated heterocycles. The number of amides is 1. The minimum Gasteiger partial charge on any atom is -0.504 e. The third-order valence-electron chi connectivity index (χ3n) is 9.77. The second-order valence-electron chi connectivity index (χ2n) is 11.0. The van der Waals surface area contributed by atoms with Crippen LogP contribution in [0.1, 0.15) is 56.1 Å². The van der Waals surface area contributed by atoms with Gasteiger partial charge in [-0.05, 0) is 75.1 Å². The van der Waals surface area contributed by atoms with Crippen LogP contribution in [0.25, 0.3) is 0 Å². The zero-order chi connectivity index (χ0) is 22.5. The van der Waals surface area contributed by atoms with Gasteiger partial charge in [0.15, 0.2) is 11.5 Å². The standard InChI is InChI=1S/C27H32N2O4/c1-2-12-28-13-11-26-22-16-7-8-20(30)23(22)33-24(26)19(9-10-27(26,32)21(28)14-16)29-15-17-5-3-4-6-18(17)25(29)31/h2,7-8,19,21,24,30,32H,1,3-6,9-15H2/t19-,21-,24+,26+,27?/m1/s1. The molecule has 0 aromatic heterocycles.